The predicted molar refractivity (Wildman–Crippen MR) is 64.3 cm³/mol. The molecule has 0 saturated carbocycles. The molecule has 0 heterocycles. The quantitative estimate of drug-likeness (QED) is 0.351. The lowest BCUT2D eigenvalue weighted by atomic mass is 9.96. The number of aliphatic hydroxyl groups is 1. The zero-order valence-electron chi connectivity index (χ0n) is 11.8. The first kappa shape index (κ1) is 19.7. The van der Waals surface area contributed by atoms with Crippen molar-refractivity contribution >= 4 is 5.71 Å². The molecule has 2 nitrogen and oxygen atoms in total. The van der Waals surface area contributed by atoms with Gasteiger partial charge in [0.1, 0.15) is 6.10 Å². The molecular formula is C14H3F10NO. The van der Waals surface area contributed by atoms with Crippen molar-refractivity contribution in [1.82, 2.24) is 0 Å². The van der Waals surface area contributed by atoms with E-state index in [-0.39, 0.29) is 0 Å². The molecule has 2 aromatic carbocycles. The highest BCUT2D eigenvalue weighted by Gasteiger charge is 2.36. The van der Waals surface area contributed by atoms with Crippen LogP contribution in [0.15, 0.2) is 0 Å². The molecule has 140 valence electrons. The van der Waals surface area contributed by atoms with Gasteiger partial charge in [-0.1, -0.05) is 0 Å². The van der Waals surface area contributed by atoms with Crippen LogP contribution >= 0.6 is 0 Å². The van der Waals surface area contributed by atoms with E-state index in [2.05, 4.69) is 0 Å². The van der Waals surface area contributed by atoms with Crippen molar-refractivity contribution in [2.45, 2.75) is 6.10 Å². The van der Waals surface area contributed by atoms with E-state index >= 15 is 0 Å². The summed E-state index contributed by atoms with van der Waals surface area (Å²) in [7, 11) is 0. The molecule has 2 rings (SSSR count). The molecular weight excluding hydrogens is 388 g/mol. The second-order valence-electron chi connectivity index (χ2n) is 4.74. The van der Waals surface area contributed by atoms with Gasteiger partial charge in [-0.2, -0.15) is 0 Å². The number of hydrogen-bond donors (Lipinski definition) is 2. The van der Waals surface area contributed by atoms with Crippen molar-refractivity contribution in [2.75, 3.05) is 0 Å². The molecule has 12 heteroatoms. The fourth-order valence-corrected chi connectivity index (χ4v) is 1.98. The summed E-state index contributed by atoms with van der Waals surface area (Å²) in [6.07, 6.45) is -3.24. The Balaban J connectivity index is 2.72. The van der Waals surface area contributed by atoms with Crippen LogP contribution in [0.5, 0.6) is 0 Å². The van der Waals surface area contributed by atoms with E-state index in [4.69, 9.17) is 5.41 Å². The molecule has 0 aliphatic heterocycles. The van der Waals surface area contributed by atoms with Gasteiger partial charge in [0.15, 0.2) is 46.5 Å². The normalized spacial score (nSPS) is 12.4. The molecule has 2 aromatic rings. The van der Waals surface area contributed by atoms with E-state index in [0.29, 0.717) is 0 Å². The SMILES string of the molecule is N=C(c1c(F)c(F)c(F)c(F)c1F)C(O)c1c(F)c(F)c(F)c(F)c1F. The number of hydrogen-bond acceptors (Lipinski definition) is 2. The molecule has 2 N–H and O–H groups in total. The minimum absolute atomic E-state index is 2.03. The van der Waals surface area contributed by atoms with Crippen molar-refractivity contribution in [2.24, 2.45) is 0 Å². The highest BCUT2D eigenvalue weighted by atomic mass is 19.2. The fraction of sp³-hybridized carbons (Fsp3) is 0.0714. The standard InChI is InChI=1S/C14H3F10NO/c15-3-1(4(16)8(20)11(23)7(3)19)13(25)14(26)2-5(17)9(21)12(24)10(22)6(2)18/h14,25-26H. The summed E-state index contributed by atoms with van der Waals surface area (Å²) in [4.78, 5) is 0. The topological polar surface area (TPSA) is 44.1 Å². The van der Waals surface area contributed by atoms with Crippen molar-refractivity contribution < 1.29 is 49.0 Å². The maximum absolute atomic E-state index is 13.6. The average molecular weight is 391 g/mol. The van der Waals surface area contributed by atoms with Crippen molar-refractivity contribution in [1.29, 1.82) is 5.41 Å². The van der Waals surface area contributed by atoms with E-state index < -0.39 is 81.1 Å². The highest BCUT2D eigenvalue weighted by molar-refractivity contribution is 6.02. The van der Waals surface area contributed by atoms with Crippen LogP contribution in [0.2, 0.25) is 0 Å². The fourth-order valence-electron chi connectivity index (χ4n) is 1.98. The lowest BCUT2D eigenvalue weighted by molar-refractivity contribution is 0.226. The van der Waals surface area contributed by atoms with Gasteiger partial charge >= 0.3 is 0 Å². The zero-order valence-corrected chi connectivity index (χ0v) is 11.8. The van der Waals surface area contributed by atoms with Crippen LogP contribution in [0.25, 0.3) is 0 Å². The summed E-state index contributed by atoms with van der Waals surface area (Å²) in [5.74, 6) is -26.0. The average Bonchev–Trinajstić information content (AvgIpc) is 2.61. The molecule has 0 amide bonds. The zero-order chi connectivity index (χ0) is 20.1. The smallest absolute Gasteiger partial charge is 0.200 e. The van der Waals surface area contributed by atoms with E-state index in [1.54, 1.807) is 0 Å². The Morgan fingerprint density at radius 2 is 0.808 bits per heavy atom. The number of nitrogens with one attached hydrogen (secondary N) is 1. The molecule has 1 unspecified atom stereocenters. The molecule has 0 saturated heterocycles. The lowest BCUT2D eigenvalue weighted by Crippen LogP contribution is -2.22. The van der Waals surface area contributed by atoms with Crippen LogP contribution in [-0.4, -0.2) is 10.8 Å². The van der Waals surface area contributed by atoms with Crippen LogP contribution in [0.4, 0.5) is 43.9 Å². The van der Waals surface area contributed by atoms with Crippen LogP contribution in [0.3, 0.4) is 0 Å². The van der Waals surface area contributed by atoms with Gasteiger partial charge in [-0.05, 0) is 0 Å². The second-order valence-corrected chi connectivity index (χ2v) is 4.74. The number of halogens is 10. The lowest BCUT2D eigenvalue weighted by Gasteiger charge is -2.17. The summed E-state index contributed by atoms with van der Waals surface area (Å²) >= 11 is 0. The largest absolute Gasteiger partial charge is 0.382 e. The Morgan fingerprint density at radius 3 is 1.15 bits per heavy atom. The maximum Gasteiger partial charge on any atom is 0.200 e. The van der Waals surface area contributed by atoms with Crippen LogP contribution in [0.1, 0.15) is 17.2 Å². The molecule has 0 bridgehead atoms. The Kier molecular flexibility index (Phi) is 4.99. The van der Waals surface area contributed by atoms with E-state index in [9.17, 15) is 49.0 Å². The summed E-state index contributed by atoms with van der Waals surface area (Å²) in [5, 5.41) is 16.9. The first-order valence-corrected chi connectivity index (χ1v) is 6.23. The third kappa shape index (κ3) is 2.69. The van der Waals surface area contributed by atoms with Gasteiger partial charge in [0.25, 0.3) is 0 Å². The number of rotatable bonds is 3. The molecule has 0 aliphatic carbocycles. The molecule has 0 aliphatic rings. The van der Waals surface area contributed by atoms with E-state index in [0.717, 1.165) is 0 Å². The van der Waals surface area contributed by atoms with Crippen molar-refractivity contribution in [3.63, 3.8) is 0 Å². The van der Waals surface area contributed by atoms with Gasteiger partial charge in [-0.15, -0.1) is 0 Å². The van der Waals surface area contributed by atoms with E-state index in [1.165, 1.54) is 0 Å². The second kappa shape index (κ2) is 6.59. The van der Waals surface area contributed by atoms with Gasteiger partial charge < -0.3 is 10.5 Å². The van der Waals surface area contributed by atoms with Crippen LogP contribution in [-0.2, 0) is 0 Å². The summed E-state index contributed by atoms with van der Waals surface area (Å²) in [6.45, 7) is 0. The molecule has 26 heavy (non-hydrogen) atoms. The molecule has 0 spiro atoms. The van der Waals surface area contributed by atoms with Gasteiger partial charge in [-0.3, -0.25) is 0 Å². The van der Waals surface area contributed by atoms with Gasteiger partial charge in [0, 0.05) is 0 Å². The predicted octanol–water partition coefficient (Wildman–Crippen LogP) is 4.18. The summed E-state index contributed by atoms with van der Waals surface area (Å²) in [6, 6.07) is 0. The van der Waals surface area contributed by atoms with Crippen LogP contribution in [0, 0.1) is 63.6 Å². The van der Waals surface area contributed by atoms with Gasteiger partial charge in [0.05, 0.1) is 16.8 Å². The van der Waals surface area contributed by atoms with E-state index in [1.807, 2.05) is 0 Å². The van der Waals surface area contributed by atoms with Gasteiger partial charge in [0.2, 0.25) is 11.6 Å². The summed E-state index contributed by atoms with van der Waals surface area (Å²) in [5.41, 5.74) is -6.23. The van der Waals surface area contributed by atoms with Gasteiger partial charge in [-0.25, -0.2) is 43.9 Å². The Morgan fingerprint density at radius 1 is 0.538 bits per heavy atom. The third-order valence-electron chi connectivity index (χ3n) is 3.27. The van der Waals surface area contributed by atoms with Crippen LogP contribution < -0.4 is 0 Å². The monoisotopic (exact) mass is 391 g/mol. The number of aliphatic hydroxyl groups excluding tert-OH is 1. The highest BCUT2D eigenvalue weighted by Crippen LogP contribution is 2.32. The van der Waals surface area contributed by atoms with Crippen molar-refractivity contribution in [3.8, 4) is 0 Å². The molecule has 1 atom stereocenters. The minimum atomic E-state index is -3.24. The first-order chi connectivity index (χ1) is 11.9. The molecule has 0 aromatic heterocycles. The van der Waals surface area contributed by atoms with Crippen molar-refractivity contribution in [3.05, 3.63) is 69.3 Å². The maximum atomic E-state index is 13.6. The molecule has 0 fully saturated rings. The summed E-state index contributed by atoms with van der Waals surface area (Å²) < 4.78 is 133. The first-order valence-electron chi connectivity index (χ1n) is 6.23. The Labute approximate surface area is 136 Å². The third-order valence-corrected chi connectivity index (χ3v) is 3.27. The Bertz CT molecular complexity index is 884. The number of benzene rings is 2. The molecule has 0 radical (unpaired) electrons. The Hall–Kier alpha value is -2.63. The minimum Gasteiger partial charge on any atom is -0.382 e.